The molecule has 0 unspecified atom stereocenters. The number of carbonyl (C=O) groups is 1. The molecule has 1 aromatic carbocycles. The number of rotatable bonds is 10. The number of nitrogens with one attached hydrogen (secondary N) is 1. The van der Waals surface area contributed by atoms with Crippen LogP contribution in [0.25, 0.3) is 0 Å². The third-order valence-corrected chi connectivity index (χ3v) is 4.23. The Morgan fingerprint density at radius 1 is 1.33 bits per heavy atom. The fourth-order valence-electron chi connectivity index (χ4n) is 1.78. The summed E-state index contributed by atoms with van der Waals surface area (Å²) in [6.45, 7) is 2.24. The predicted molar refractivity (Wildman–Crippen MR) is 79.6 cm³/mol. The quantitative estimate of drug-likeness (QED) is 0.629. The topological polar surface area (TPSA) is 92.7 Å². The third-order valence-electron chi connectivity index (χ3n) is 2.88. The van der Waals surface area contributed by atoms with E-state index in [0.29, 0.717) is 13.0 Å². The van der Waals surface area contributed by atoms with E-state index in [0.717, 1.165) is 5.56 Å². The number of aliphatic carboxylic acids is 1. The van der Waals surface area contributed by atoms with Gasteiger partial charge in [0.15, 0.2) is 0 Å². The highest BCUT2D eigenvalue weighted by Gasteiger charge is 2.23. The Hall–Kier alpha value is -1.44. The molecular weight excluding hydrogens is 294 g/mol. The van der Waals surface area contributed by atoms with Crippen LogP contribution in [0.3, 0.4) is 0 Å². The molecule has 1 aromatic rings. The number of carboxylic acids is 1. The molecular formula is C14H21NO5S. The standard InChI is InChI=1S/C14H21NO5S/c1-2-20-10-11-21(18,19)15-13(14(16)17)9-8-12-6-4-3-5-7-12/h3-7,13,15H,2,8-11H2,1H3,(H,16,17)/t13-/m0/s1. The number of aryl methyl sites for hydroxylation is 1. The van der Waals surface area contributed by atoms with Crippen molar-refractivity contribution in [2.75, 3.05) is 19.0 Å². The average Bonchev–Trinajstić information content (AvgIpc) is 2.44. The van der Waals surface area contributed by atoms with E-state index in [1.807, 2.05) is 30.3 Å². The zero-order valence-corrected chi connectivity index (χ0v) is 12.8. The van der Waals surface area contributed by atoms with Gasteiger partial charge >= 0.3 is 5.97 Å². The maximum absolute atomic E-state index is 11.8. The summed E-state index contributed by atoms with van der Waals surface area (Å²) in [5, 5.41) is 9.13. The van der Waals surface area contributed by atoms with Crippen molar-refractivity contribution < 1.29 is 23.1 Å². The van der Waals surface area contributed by atoms with E-state index in [1.54, 1.807) is 6.92 Å². The van der Waals surface area contributed by atoms with Crippen LogP contribution in [0.15, 0.2) is 30.3 Å². The van der Waals surface area contributed by atoms with Gasteiger partial charge in [0.2, 0.25) is 10.0 Å². The molecule has 7 heteroatoms. The molecule has 0 aliphatic rings. The lowest BCUT2D eigenvalue weighted by atomic mass is 10.1. The van der Waals surface area contributed by atoms with E-state index in [-0.39, 0.29) is 18.8 Å². The second-order valence-corrected chi connectivity index (χ2v) is 6.42. The fourth-order valence-corrected chi connectivity index (χ4v) is 2.88. The van der Waals surface area contributed by atoms with Crippen LogP contribution in [0.5, 0.6) is 0 Å². The second kappa shape index (κ2) is 8.76. The number of sulfonamides is 1. The van der Waals surface area contributed by atoms with E-state index >= 15 is 0 Å². The molecule has 0 heterocycles. The number of hydrogen-bond donors (Lipinski definition) is 2. The average molecular weight is 315 g/mol. The lowest BCUT2D eigenvalue weighted by Gasteiger charge is -2.14. The molecule has 0 aromatic heterocycles. The van der Waals surface area contributed by atoms with Crippen molar-refractivity contribution in [3.05, 3.63) is 35.9 Å². The van der Waals surface area contributed by atoms with Crippen molar-refractivity contribution in [1.82, 2.24) is 4.72 Å². The first-order valence-electron chi connectivity index (χ1n) is 6.79. The Morgan fingerprint density at radius 3 is 2.57 bits per heavy atom. The first kappa shape index (κ1) is 17.6. The van der Waals surface area contributed by atoms with Gasteiger partial charge in [-0.2, -0.15) is 0 Å². The van der Waals surface area contributed by atoms with Crippen LogP contribution in [0.2, 0.25) is 0 Å². The molecule has 0 amide bonds. The summed E-state index contributed by atoms with van der Waals surface area (Å²) in [5.41, 5.74) is 0.970. The van der Waals surface area contributed by atoms with Crippen molar-refractivity contribution in [2.24, 2.45) is 0 Å². The maximum Gasteiger partial charge on any atom is 0.321 e. The van der Waals surface area contributed by atoms with Gasteiger partial charge in [-0.1, -0.05) is 30.3 Å². The van der Waals surface area contributed by atoms with Crippen LogP contribution < -0.4 is 4.72 Å². The fraction of sp³-hybridized carbons (Fsp3) is 0.500. The Labute approximate surface area is 125 Å². The van der Waals surface area contributed by atoms with E-state index in [4.69, 9.17) is 9.84 Å². The molecule has 6 nitrogen and oxygen atoms in total. The summed E-state index contributed by atoms with van der Waals surface area (Å²) in [4.78, 5) is 11.2. The summed E-state index contributed by atoms with van der Waals surface area (Å²) in [5.74, 6) is -1.42. The van der Waals surface area contributed by atoms with Gasteiger partial charge < -0.3 is 9.84 Å². The highest BCUT2D eigenvalue weighted by atomic mass is 32.2. The zero-order chi connectivity index (χ0) is 15.7. The predicted octanol–water partition coefficient (Wildman–Crippen LogP) is 1.03. The molecule has 21 heavy (non-hydrogen) atoms. The van der Waals surface area contributed by atoms with Gasteiger partial charge in [0, 0.05) is 6.61 Å². The van der Waals surface area contributed by atoms with Gasteiger partial charge in [0.1, 0.15) is 6.04 Å². The molecule has 0 radical (unpaired) electrons. The maximum atomic E-state index is 11.8. The monoisotopic (exact) mass is 315 g/mol. The van der Waals surface area contributed by atoms with Gasteiger partial charge in [-0.05, 0) is 25.3 Å². The molecule has 0 saturated heterocycles. The lowest BCUT2D eigenvalue weighted by Crippen LogP contribution is -2.42. The molecule has 2 N–H and O–H groups in total. The minimum Gasteiger partial charge on any atom is -0.480 e. The largest absolute Gasteiger partial charge is 0.480 e. The first-order chi connectivity index (χ1) is 9.94. The number of carboxylic acid groups (broad SMARTS) is 1. The highest BCUT2D eigenvalue weighted by Crippen LogP contribution is 2.06. The molecule has 118 valence electrons. The Morgan fingerprint density at radius 2 is 2.00 bits per heavy atom. The number of ether oxygens (including phenoxy) is 1. The van der Waals surface area contributed by atoms with Crippen molar-refractivity contribution in [2.45, 2.75) is 25.8 Å². The van der Waals surface area contributed by atoms with E-state index in [9.17, 15) is 13.2 Å². The second-order valence-electron chi connectivity index (χ2n) is 4.55. The number of hydrogen-bond acceptors (Lipinski definition) is 4. The van der Waals surface area contributed by atoms with Crippen molar-refractivity contribution >= 4 is 16.0 Å². The van der Waals surface area contributed by atoms with Crippen molar-refractivity contribution in [1.29, 1.82) is 0 Å². The van der Waals surface area contributed by atoms with Crippen LogP contribution in [-0.4, -0.2) is 44.5 Å². The molecule has 0 saturated carbocycles. The number of benzene rings is 1. The SMILES string of the molecule is CCOCCS(=O)(=O)N[C@@H](CCc1ccccc1)C(=O)O. The molecule has 1 rings (SSSR count). The van der Waals surface area contributed by atoms with Crippen LogP contribution in [-0.2, 0) is 26.0 Å². The summed E-state index contributed by atoms with van der Waals surface area (Å²) >= 11 is 0. The molecule has 0 fully saturated rings. The smallest absolute Gasteiger partial charge is 0.321 e. The summed E-state index contributed by atoms with van der Waals surface area (Å²) < 4.78 is 30.7. The van der Waals surface area contributed by atoms with Crippen LogP contribution in [0, 0.1) is 0 Å². The summed E-state index contributed by atoms with van der Waals surface area (Å²) in [6, 6.07) is 8.21. The van der Waals surface area contributed by atoms with E-state index < -0.39 is 22.0 Å². The molecule has 0 aliphatic heterocycles. The Kier molecular flexibility index (Phi) is 7.35. The minimum atomic E-state index is -3.66. The van der Waals surface area contributed by atoms with Gasteiger partial charge in [-0.25, -0.2) is 13.1 Å². The zero-order valence-electron chi connectivity index (χ0n) is 12.0. The van der Waals surface area contributed by atoms with Gasteiger partial charge in [-0.15, -0.1) is 0 Å². The van der Waals surface area contributed by atoms with Gasteiger partial charge in [0.05, 0.1) is 12.4 Å². The highest BCUT2D eigenvalue weighted by molar-refractivity contribution is 7.89. The Bertz CT molecular complexity index is 530. The summed E-state index contributed by atoms with van der Waals surface area (Å²) in [6.07, 6.45) is 0.693. The van der Waals surface area contributed by atoms with Crippen LogP contribution in [0.1, 0.15) is 18.9 Å². The van der Waals surface area contributed by atoms with E-state index in [1.165, 1.54) is 0 Å². The molecule has 0 aliphatic carbocycles. The molecule has 0 bridgehead atoms. The Balaban J connectivity index is 2.55. The minimum absolute atomic E-state index is 0.0524. The molecule has 1 atom stereocenters. The van der Waals surface area contributed by atoms with Crippen LogP contribution >= 0.6 is 0 Å². The summed E-state index contributed by atoms with van der Waals surface area (Å²) in [7, 11) is -3.66. The first-order valence-corrected chi connectivity index (χ1v) is 8.44. The lowest BCUT2D eigenvalue weighted by molar-refractivity contribution is -0.139. The van der Waals surface area contributed by atoms with Gasteiger partial charge in [0.25, 0.3) is 0 Å². The molecule has 0 spiro atoms. The van der Waals surface area contributed by atoms with Crippen molar-refractivity contribution in [3.63, 3.8) is 0 Å². The normalized spacial score (nSPS) is 13.0. The van der Waals surface area contributed by atoms with Gasteiger partial charge in [-0.3, -0.25) is 4.79 Å². The third kappa shape index (κ3) is 7.22. The van der Waals surface area contributed by atoms with Crippen LogP contribution in [0.4, 0.5) is 0 Å². The van der Waals surface area contributed by atoms with Crippen molar-refractivity contribution in [3.8, 4) is 0 Å². The van der Waals surface area contributed by atoms with E-state index in [2.05, 4.69) is 4.72 Å².